The number of aromatic hydroxyl groups is 1. The van der Waals surface area contributed by atoms with E-state index < -0.39 is 11.4 Å². The zero-order chi connectivity index (χ0) is 14.9. The number of phenolic OH excluding ortho intramolecular Hbond substituents is 1. The maximum atomic E-state index is 11.6. The molecule has 1 aromatic rings. The Morgan fingerprint density at radius 1 is 1.45 bits per heavy atom. The lowest BCUT2D eigenvalue weighted by atomic mass is 9.97. The van der Waals surface area contributed by atoms with Crippen molar-refractivity contribution >= 4 is 22.9 Å². The molecule has 1 saturated heterocycles. The van der Waals surface area contributed by atoms with Crippen molar-refractivity contribution in [3.63, 3.8) is 0 Å². The molecule has 3 N–H and O–H groups in total. The summed E-state index contributed by atoms with van der Waals surface area (Å²) >= 11 is 0.913. The molecule has 6 nitrogen and oxygen atoms in total. The average molecular weight is 297 g/mol. The highest BCUT2D eigenvalue weighted by molar-refractivity contribution is 8.15. The maximum Gasteiger partial charge on any atom is 0.286 e. The van der Waals surface area contributed by atoms with Crippen molar-refractivity contribution in [3.8, 4) is 11.5 Å². The van der Waals surface area contributed by atoms with Crippen molar-refractivity contribution in [2.24, 2.45) is 0 Å². The maximum absolute atomic E-state index is 11.6. The largest absolute Gasteiger partial charge is 0.508 e. The first-order chi connectivity index (χ1) is 9.42. The summed E-state index contributed by atoms with van der Waals surface area (Å²) < 4.78 is 5.19. The molecule has 0 bridgehead atoms. The van der Waals surface area contributed by atoms with E-state index in [1.165, 1.54) is 19.2 Å². The Hall–Kier alpha value is -1.73. The normalized spacial score (nSPS) is 19.9. The zero-order valence-corrected chi connectivity index (χ0v) is 11.9. The molecule has 1 heterocycles. The first kappa shape index (κ1) is 14.7. The summed E-state index contributed by atoms with van der Waals surface area (Å²) in [5.74, 6) is 0.00132. The standard InChI is InChI=1S/C13H15NO5S/c1-6(15)8-3-7(16)4-10(19-2)9(8)5-11-12(17)14-13(18)20-11/h3-4,6,11,15-16H,5H2,1-2H3,(H,14,17,18). The van der Waals surface area contributed by atoms with Crippen LogP contribution in [0, 0.1) is 0 Å². The predicted octanol–water partition coefficient (Wildman–Crippen LogP) is 1.35. The van der Waals surface area contributed by atoms with E-state index in [0.29, 0.717) is 16.9 Å². The van der Waals surface area contributed by atoms with Gasteiger partial charge in [0.25, 0.3) is 5.24 Å². The molecule has 0 spiro atoms. The third kappa shape index (κ3) is 2.88. The van der Waals surface area contributed by atoms with Gasteiger partial charge in [-0.3, -0.25) is 14.9 Å². The minimum Gasteiger partial charge on any atom is -0.508 e. The highest BCUT2D eigenvalue weighted by Gasteiger charge is 2.33. The van der Waals surface area contributed by atoms with Crippen molar-refractivity contribution in [2.45, 2.75) is 24.7 Å². The molecule has 0 aromatic heterocycles. The lowest BCUT2D eigenvalue weighted by molar-refractivity contribution is -0.118. The SMILES string of the molecule is COc1cc(O)cc(C(C)O)c1CC1SC(=O)NC1=O. The van der Waals surface area contributed by atoms with Gasteiger partial charge in [-0.15, -0.1) is 0 Å². The van der Waals surface area contributed by atoms with Crippen molar-refractivity contribution in [1.29, 1.82) is 0 Å². The summed E-state index contributed by atoms with van der Waals surface area (Å²) in [6.45, 7) is 1.56. The number of hydrogen-bond donors (Lipinski definition) is 3. The third-order valence-corrected chi connectivity index (χ3v) is 4.04. The van der Waals surface area contributed by atoms with E-state index >= 15 is 0 Å². The minimum absolute atomic E-state index is 0.0268. The number of aliphatic hydroxyl groups is 1. The van der Waals surface area contributed by atoms with Crippen molar-refractivity contribution in [3.05, 3.63) is 23.3 Å². The average Bonchev–Trinajstić information content (AvgIpc) is 2.69. The number of aliphatic hydroxyl groups excluding tert-OH is 1. The molecule has 2 amide bonds. The summed E-state index contributed by atoms with van der Waals surface area (Å²) in [7, 11) is 1.44. The van der Waals surface area contributed by atoms with E-state index in [1.807, 2.05) is 0 Å². The van der Waals surface area contributed by atoms with Gasteiger partial charge < -0.3 is 14.9 Å². The highest BCUT2D eigenvalue weighted by atomic mass is 32.2. The topological polar surface area (TPSA) is 95.9 Å². The fourth-order valence-electron chi connectivity index (χ4n) is 2.14. The lowest BCUT2D eigenvalue weighted by Gasteiger charge is -2.18. The van der Waals surface area contributed by atoms with Gasteiger partial charge in [0, 0.05) is 11.6 Å². The number of carbonyl (C=O) groups excluding carboxylic acids is 2. The number of nitrogens with one attached hydrogen (secondary N) is 1. The Bertz CT molecular complexity index is 558. The Morgan fingerprint density at radius 2 is 2.15 bits per heavy atom. The highest BCUT2D eigenvalue weighted by Crippen LogP contribution is 2.35. The number of rotatable bonds is 4. The molecule has 7 heteroatoms. The van der Waals surface area contributed by atoms with Crippen molar-refractivity contribution < 1.29 is 24.5 Å². The number of amides is 2. The second-order valence-corrected chi connectivity index (χ2v) is 5.65. The molecule has 2 unspecified atom stereocenters. The minimum atomic E-state index is -0.823. The van der Waals surface area contributed by atoms with Gasteiger partial charge in [-0.05, 0) is 25.0 Å². The van der Waals surface area contributed by atoms with Gasteiger partial charge in [0.1, 0.15) is 11.5 Å². The van der Waals surface area contributed by atoms with Crippen LogP contribution in [0.3, 0.4) is 0 Å². The number of methoxy groups -OCH3 is 1. The van der Waals surface area contributed by atoms with Crippen LogP contribution in [-0.4, -0.2) is 33.7 Å². The number of phenols is 1. The first-order valence-electron chi connectivity index (χ1n) is 6.01. The van der Waals surface area contributed by atoms with Gasteiger partial charge in [0.2, 0.25) is 5.91 Å². The van der Waals surface area contributed by atoms with E-state index in [-0.39, 0.29) is 23.3 Å². The van der Waals surface area contributed by atoms with Crippen LogP contribution in [0.4, 0.5) is 4.79 Å². The van der Waals surface area contributed by atoms with Gasteiger partial charge in [-0.1, -0.05) is 11.8 Å². The third-order valence-electron chi connectivity index (χ3n) is 3.05. The fraction of sp³-hybridized carbons (Fsp3) is 0.385. The van der Waals surface area contributed by atoms with Crippen LogP contribution in [0.25, 0.3) is 0 Å². The van der Waals surface area contributed by atoms with Gasteiger partial charge in [0.15, 0.2) is 0 Å². The van der Waals surface area contributed by atoms with Crippen LogP contribution in [0.2, 0.25) is 0 Å². The summed E-state index contributed by atoms with van der Waals surface area (Å²) in [6, 6.07) is 2.85. The van der Waals surface area contributed by atoms with Crippen LogP contribution in [0.15, 0.2) is 12.1 Å². The molecule has 1 aliphatic heterocycles. The molecular formula is C13H15NO5S. The van der Waals surface area contributed by atoms with Crippen LogP contribution in [-0.2, 0) is 11.2 Å². The Balaban J connectivity index is 2.39. The second kappa shape index (κ2) is 5.72. The number of benzene rings is 1. The van der Waals surface area contributed by atoms with E-state index in [2.05, 4.69) is 5.32 Å². The summed E-state index contributed by atoms with van der Waals surface area (Å²) in [5, 5.41) is 20.7. The quantitative estimate of drug-likeness (QED) is 0.776. The van der Waals surface area contributed by atoms with Crippen LogP contribution in [0.5, 0.6) is 11.5 Å². The summed E-state index contributed by atoms with van der Waals surface area (Å²) in [5.41, 5.74) is 1.09. The lowest BCUT2D eigenvalue weighted by Crippen LogP contribution is -2.26. The van der Waals surface area contributed by atoms with Crippen molar-refractivity contribution in [2.75, 3.05) is 7.11 Å². The molecule has 1 fully saturated rings. The monoisotopic (exact) mass is 297 g/mol. The molecule has 108 valence electrons. The Morgan fingerprint density at radius 3 is 2.65 bits per heavy atom. The zero-order valence-electron chi connectivity index (χ0n) is 11.0. The molecule has 1 aliphatic rings. The fourth-order valence-corrected chi connectivity index (χ4v) is 2.97. The van der Waals surface area contributed by atoms with E-state index in [1.54, 1.807) is 6.92 Å². The molecule has 0 aliphatic carbocycles. The molecule has 0 radical (unpaired) electrons. The van der Waals surface area contributed by atoms with E-state index in [4.69, 9.17) is 4.74 Å². The number of hydrogen-bond acceptors (Lipinski definition) is 6. The molecule has 20 heavy (non-hydrogen) atoms. The molecule has 1 aromatic carbocycles. The molecular weight excluding hydrogens is 282 g/mol. The molecule has 2 atom stereocenters. The Kier molecular flexibility index (Phi) is 4.20. The number of carbonyl (C=O) groups is 2. The Labute approximate surface area is 120 Å². The summed E-state index contributed by atoms with van der Waals surface area (Å²) in [4.78, 5) is 22.8. The second-order valence-electron chi connectivity index (χ2n) is 4.48. The number of ether oxygens (including phenoxy) is 1. The molecule has 0 saturated carbocycles. The van der Waals surface area contributed by atoms with Crippen LogP contribution < -0.4 is 10.1 Å². The van der Waals surface area contributed by atoms with E-state index in [0.717, 1.165) is 11.8 Å². The van der Waals surface area contributed by atoms with Crippen molar-refractivity contribution in [1.82, 2.24) is 5.32 Å². The van der Waals surface area contributed by atoms with Crippen LogP contribution in [0.1, 0.15) is 24.2 Å². The van der Waals surface area contributed by atoms with Gasteiger partial charge in [-0.25, -0.2) is 0 Å². The number of imide groups is 1. The number of thioether (sulfide) groups is 1. The van der Waals surface area contributed by atoms with Crippen LogP contribution >= 0.6 is 11.8 Å². The molecule has 2 rings (SSSR count). The van der Waals surface area contributed by atoms with Gasteiger partial charge >= 0.3 is 0 Å². The van der Waals surface area contributed by atoms with E-state index in [9.17, 15) is 19.8 Å². The van der Waals surface area contributed by atoms with Gasteiger partial charge in [-0.2, -0.15) is 0 Å². The summed E-state index contributed by atoms with van der Waals surface area (Å²) in [6.07, 6.45) is -0.581. The first-order valence-corrected chi connectivity index (χ1v) is 6.89. The van der Waals surface area contributed by atoms with Gasteiger partial charge in [0.05, 0.1) is 18.5 Å². The predicted molar refractivity (Wildman–Crippen MR) is 73.9 cm³/mol. The smallest absolute Gasteiger partial charge is 0.286 e.